The van der Waals surface area contributed by atoms with Crippen LogP contribution in [0, 0.1) is 0 Å². The van der Waals surface area contributed by atoms with Crippen molar-refractivity contribution in [3.8, 4) is 0 Å². The largest absolute Gasteiger partial charge is 0.383 e. The highest BCUT2D eigenvalue weighted by atomic mass is 79.9. The number of likely N-dealkylation sites (N-methyl/N-ethyl adjacent to an activating group) is 1. The average Bonchev–Trinajstić information content (AvgIpc) is 2.41. The first kappa shape index (κ1) is 18.1. The summed E-state index contributed by atoms with van der Waals surface area (Å²) in [4.78, 5) is 16.4. The van der Waals surface area contributed by atoms with Crippen LogP contribution in [-0.2, 0) is 6.54 Å². The molecule has 0 aliphatic heterocycles. The Balaban J connectivity index is 2.53. The van der Waals surface area contributed by atoms with Crippen molar-refractivity contribution in [2.45, 2.75) is 19.4 Å². The molecule has 0 saturated carbocycles. The van der Waals surface area contributed by atoms with Gasteiger partial charge in [-0.05, 0) is 63.5 Å². The lowest BCUT2D eigenvalue weighted by Gasteiger charge is -2.13. The smallest absolute Gasteiger partial charge is 0.283 e. The molecule has 21 heavy (non-hydrogen) atoms. The summed E-state index contributed by atoms with van der Waals surface area (Å²) in [6.45, 7) is 3.30. The van der Waals surface area contributed by atoms with E-state index in [1.807, 2.05) is 19.0 Å². The third-order valence-electron chi connectivity index (χ3n) is 3.09. The number of unbranched alkanes of at least 4 members (excludes halogenated alkanes) is 1. The molecule has 0 radical (unpaired) electrons. The number of anilines is 1. The predicted molar refractivity (Wildman–Crippen MR) is 91.0 cm³/mol. The number of hydrogen-bond donors (Lipinski definition) is 1. The maximum Gasteiger partial charge on any atom is 0.283 e. The number of hydrogen-bond acceptors (Lipinski definition) is 5. The van der Waals surface area contributed by atoms with Crippen LogP contribution in [0.4, 0.5) is 5.69 Å². The second-order valence-electron chi connectivity index (χ2n) is 5.64. The van der Waals surface area contributed by atoms with Crippen LogP contribution in [0.15, 0.2) is 15.5 Å². The molecular formula is C14H26BrN5O. The zero-order valence-electron chi connectivity index (χ0n) is 13.4. The van der Waals surface area contributed by atoms with Crippen LogP contribution in [0.1, 0.15) is 12.8 Å². The first-order valence-corrected chi connectivity index (χ1v) is 8.00. The van der Waals surface area contributed by atoms with Gasteiger partial charge in [-0.1, -0.05) is 0 Å². The van der Waals surface area contributed by atoms with Crippen molar-refractivity contribution in [3.05, 3.63) is 21.0 Å². The summed E-state index contributed by atoms with van der Waals surface area (Å²) >= 11 is 3.37. The molecule has 1 rings (SSSR count). The van der Waals surface area contributed by atoms with Gasteiger partial charge in [-0.15, -0.1) is 0 Å². The first-order valence-electron chi connectivity index (χ1n) is 7.20. The maximum atomic E-state index is 12.2. The van der Waals surface area contributed by atoms with Crippen LogP contribution < -0.4 is 10.9 Å². The molecule has 1 N–H and O–H groups in total. The predicted octanol–water partition coefficient (Wildman–Crippen LogP) is 1.32. The van der Waals surface area contributed by atoms with Crippen molar-refractivity contribution in [1.82, 2.24) is 19.6 Å². The SMILES string of the molecule is CN(C)CCCCNc1cnn(CCN(C)C)c(=O)c1Br. The van der Waals surface area contributed by atoms with Crippen molar-refractivity contribution >= 4 is 21.6 Å². The van der Waals surface area contributed by atoms with Gasteiger partial charge in [0.1, 0.15) is 4.47 Å². The standard InChI is InChI=1S/C14H26BrN5O/c1-18(2)8-6-5-7-16-12-11-17-20(10-9-19(3)4)14(21)13(12)15/h11,16H,5-10H2,1-4H3. The van der Waals surface area contributed by atoms with Crippen molar-refractivity contribution in [2.24, 2.45) is 0 Å². The van der Waals surface area contributed by atoms with Gasteiger partial charge in [0.15, 0.2) is 0 Å². The number of rotatable bonds is 9. The highest BCUT2D eigenvalue weighted by Gasteiger charge is 2.08. The Morgan fingerprint density at radius 1 is 1.19 bits per heavy atom. The van der Waals surface area contributed by atoms with Gasteiger partial charge < -0.3 is 15.1 Å². The third-order valence-corrected chi connectivity index (χ3v) is 3.86. The van der Waals surface area contributed by atoms with Gasteiger partial charge in [0.2, 0.25) is 0 Å². The van der Waals surface area contributed by atoms with Gasteiger partial charge in [-0.25, -0.2) is 4.68 Å². The fourth-order valence-electron chi connectivity index (χ4n) is 1.82. The number of nitrogens with one attached hydrogen (secondary N) is 1. The van der Waals surface area contributed by atoms with Gasteiger partial charge >= 0.3 is 0 Å². The van der Waals surface area contributed by atoms with Crippen LogP contribution in [0.5, 0.6) is 0 Å². The van der Waals surface area contributed by atoms with E-state index in [0.29, 0.717) is 11.0 Å². The molecule has 6 nitrogen and oxygen atoms in total. The molecule has 1 aromatic heterocycles. The average molecular weight is 360 g/mol. The first-order chi connectivity index (χ1) is 9.91. The van der Waals surface area contributed by atoms with Crippen molar-refractivity contribution in [1.29, 1.82) is 0 Å². The van der Waals surface area contributed by atoms with E-state index in [1.165, 1.54) is 4.68 Å². The molecule has 0 bridgehead atoms. The molecule has 7 heteroatoms. The Labute approximate surface area is 135 Å². The molecule has 0 fully saturated rings. The monoisotopic (exact) mass is 359 g/mol. The van der Waals surface area contributed by atoms with E-state index in [0.717, 1.165) is 38.2 Å². The third kappa shape index (κ3) is 6.58. The minimum Gasteiger partial charge on any atom is -0.383 e. The van der Waals surface area contributed by atoms with Crippen molar-refractivity contribution in [2.75, 3.05) is 53.1 Å². The number of nitrogens with zero attached hydrogens (tertiary/aromatic N) is 4. The lowest BCUT2D eigenvalue weighted by Crippen LogP contribution is -2.29. The van der Waals surface area contributed by atoms with Crippen LogP contribution in [0.25, 0.3) is 0 Å². The zero-order valence-corrected chi connectivity index (χ0v) is 15.0. The topological polar surface area (TPSA) is 53.4 Å². The zero-order chi connectivity index (χ0) is 15.8. The normalized spacial score (nSPS) is 11.4. The van der Waals surface area contributed by atoms with Crippen molar-refractivity contribution in [3.63, 3.8) is 0 Å². The van der Waals surface area contributed by atoms with E-state index in [4.69, 9.17) is 0 Å². The van der Waals surface area contributed by atoms with Crippen LogP contribution in [0.3, 0.4) is 0 Å². The second-order valence-corrected chi connectivity index (χ2v) is 6.43. The summed E-state index contributed by atoms with van der Waals surface area (Å²) in [7, 11) is 8.09. The molecular weight excluding hydrogens is 334 g/mol. The molecule has 0 atom stereocenters. The van der Waals surface area contributed by atoms with Crippen LogP contribution in [0.2, 0.25) is 0 Å². The van der Waals surface area contributed by atoms with Crippen LogP contribution >= 0.6 is 15.9 Å². The second kappa shape index (κ2) is 9.17. The Morgan fingerprint density at radius 2 is 1.86 bits per heavy atom. The van der Waals surface area contributed by atoms with Gasteiger partial charge in [0.25, 0.3) is 5.56 Å². The minimum atomic E-state index is -0.0878. The van der Waals surface area contributed by atoms with Gasteiger partial charge in [0, 0.05) is 13.1 Å². The molecule has 0 aromatic carbocycles. The molecule has 1 heterocycles. The summed E-state index contributed by atoms with van der Waals surface area (Å²) in [5, 5.41) is 7.48. The highest BCUT2D eigenvalue weighted by molar-refractivity contribution is 9.10. The maximum absolute atomic E-state index is 12.2. The summed E-state index contributed by atoms with van der Waals surface area (Å²) in [5.74, 6) is 0. The van der Waals surface area contributed by atoms with E-state index in [2.05, 4.69) is 45.3 Å². The summed E-state index contributed by atoms with van der Waals surface area (Å²) in [6, 6.07) is 0. The fourth-order valence-corrected chi connectivity index (χ4v) is 2.27. The number of halogens is 1. The summed E-state index contributed by atoms with van der Waals surface area (Å²) < 4.78 is 2.05. The summed E-state index contributed by atoms with van der Waals surface area (Å²) in [6.07, 6.45) is 3.91. The van der Waals surface area contributed by atoms with E-state index in [9.17, 15) is 4.79 Å². The molecule has 0 amide bonds. The molecule has 120 valence electrons. The lowest BCUT2D eigenvalue weighted by molar-refractivity contribution is 0.367. The molecule has 0 saturated heterocycles. The van der Waals surface area contributed by atoms with Gasteiger partial charge in [-0.2, -0.15) is 5.10 Å². The molecule has 0 aliphatic rings. The lowest BCUT2D eigenvalue weighted by atomic mass is 10.3. The van der Waals surface area contributed by atoms with E-state index < -0.39 is 0 Å². The summed E-state index contributed by atoms with van der Waals surface area (Å²) in [5.41, 5.74) is 0.682. The van der Waals surface area contributed by atoms with Crippen molar-refractivity contribution < 1.29 is 0 Å². The van der Waals surface area contributed by atoms with Gasteiger partial charge in [0.05, 0.1) is 18.4 Å². The molecule has 0 spiro atoms. The molecule has 0 aliphatic carbocycles. The Hall–Kier alpha value is -0.920. The van der Waals surface area contributed by atoms with E-state index >= 15 is 0 Å². The Bertz CT molecular complexity index is 487. The Morgan fingerprint density at radius 3 is 2.48 bits per heavy atom. The number of aromatic nitrogens is 2. The molecule has 1 aromatic rings. The quantitative estimate of drug-likeness (QED) is 0.674. The van der Waals surface area contributed by atoms with Gasteiger partial charge in [-0.3, -0.25) is 4.79 Å². The highest BCUT2D eigenvalue weighted by Crippen LogP contribution is 2.16. The van der Waals surface area contributed by atoms with E-state index in [1.54, 1.807) is 6.20 Å². The fraction of sp³-hybridized carbons (Fsp3) is 0.714. The molecule has 0 unspecified atom stereocenters. The van der Waals surface area contributed by atoms with E-state index in [-0.39, 0.29) is 5.56 Å². The minimum absolute atomic E-state index is 0.0878. The van der Waals surface area contributed by atoms with Crippen LogP contribution in [-0.4, -0.2) is 67.4 Å². The Kier molecular flexibility index (Phi) is 7.92.